The van der Waals surface area contributed by atoms with E-state index in [9.17, 15) is 9.59 Å². The summed E-state index contributed by atoms with van der Waals surface area (Å²) in [5, 5.41) is 3.05. The van der Waals surface area contributed by atoms with Crippen molar-refractivity contribution in [3.05, 3.63) is 95.6 Å². The lowest BCUT2D eigenvalue weighted by molar-refractivity contribution is -0.126. The van der Waals surface area contributed by atoms with Gasteiger partial charge in [0.15, 0.2) is 0 Å². The molecule has 1 aliphatic heterocycles. The van der Waals surface area contributed by atoms with Crippen LogP contribution in [0.4, 0.5) is 5.69 Å². The van der Waals surface area contributed by atoms with E-state index in [0.29, 0.717) is 18.5 Å². The Morgan fingerprint density at radius 2 is 1.77 bits per heavy atom. The summed E-state index contributed by atoms with van der Waals surface area (Å²) in [4.78, 5) is 29.7. The lowest BCUT2D eigenvalue weighted by Crippen LogP contribution is -2.63. The summed E-state index contributed by atoms with van der Waals surface area (Å²) in [7, 11) is 0. The number of nitrogens with zero attached hydrogens (tertiary/aromatic N) is 1. The molecule has 0 spiro atoms. The largest absolute Gasteiger partial charge is 0.350 e. The molecule has 152 valence electrons. The van der Waals surface area contributed by atoms with Crippen molar-refractivity contribution in [2.45, 2.75) is 30.3 Å². The number of hydrogen-bond acceptors (Lipinski definition) is 3. The fourth-order valence-corrected chi connectivity index (χ4v) is 4.43. The van der Waals surface area contributed by atoms with Crippen LogP contribution in [0.15, 0.2) is 83.8 Å². The zero-order chi connectivity index (χ0) is 21.1. The Morgan fingerprint density at radius 1 is 1.03 bits per heavy atom. The molecule has 0 aromatic heterocycles. The quantitative estimate of drug-likeness (QED) is 0.614. The monoisotopic (exact) mass is 416 g/mol. The Bertz CT molecular complexity index is 1080. The second kappa shape index (κ2) is 8.36. The van der Waals surface area contributed by atoms with Crippen LogP contribution < -0.4 is 10.2 Å². The predicted octanol–water partition coefficient (Wildman–Crippen LogP) is 4.69. The van der Waals surface area contributed by atoms with Crippen molar-refractivity contribution in [2.75, 3.05) is 11.2 Å². The molecule has 1 heterocycles. The van der Waals surface area contributed by atoms with Gasteiger partial charge in [-0.15, -0.1) is 11.8 Å². The molecule has 30 heavy (non-hydrogen) atoms. The van der Waals surface area contributed by atoms with Gasteiger partial charge in [-0.25, -0.2) is 0 Å². The second-order valence-corrected chi connectivity index (χ2v) is 8.50. The molecule has 0 bridgehead atoms. The first-order valence-electron chi connectivity index (χ1n) is 9.92. The molecule has 3 aromatic carbocycles. The minimum atomic E-state index is -1.03. The SMILES string of the molecule is CSc1cccc(N2C(=O)c3ccccc3C[C@]2(C)C(=O)NCc2ccccc2)c1. The number of benzene rings is 3. The highest BCUT2D eigenvalue weighted by molar-refractivity contribution is 7.98. The molecule has 0 saturated carbocycles. The van der Waals surface area contributed by atoms with Crippen molar-refractivity contribution in [3.63, 3.8) is 0 Å². The van der Waals surface area contributed by atoms with Crippen LogP contribution in [-0.2, 0) is 17.8 Å². The molecule has 0 saturated heterocycles. The average Bonchev–Trinajstić information content (AvgIpc) is 2.78. The summed E-state index contributed by atoms with van der Waals surface area (Å²) >= 11 is 1.61. The van der Waals surface area contributed by atoms with Crippen LogP contribution in [0.1, 0.15) is 28.4 Å². The highest BCUT2D eigenvalue weighted by Crippen LogP contribution is 2.36. The van der Waals surface area contributed by atoms with Crippen LogP contribution in [0, 0.1) is 0 Å². The van der Waals surface area contributed by atoms with Crippen LogP contribution in [0.3, 0.4) is 0 Å². The molecule has 4 rings (SSSR count). The maximum absolute atomic E-state index is 13.6. The number of fused-ring (bicyclic) bond motifs is 1. The van der Waals surface area contributed by atoms with E-state index in [1.165, 1.54) is 0 Å². The molecule has 2 amide bonds. The maximum atomic E-state index is 13.6. The fourth-order valence-electron chi connectivity index (χ4n) is 3.98. The summed E-state index contributed by atoms with van der Waals surface area (Å²) in [5.74, 6) is -0.309. The standard InChI is InChI=1S/C25H24N2O2S/c1-25(24(29)26-17-18-9-4-3-5-10-18)16-19-11-6-7-14-22(19)23(28)27(25)20-12-8-13-21(15-20)30-2/h3-15H,16-17H2,1-2H3,(H,26,29)/t25-/m1/s1. The van der Waals surface area contributed by atoms with E-state index in [-0.39, 0.29) is 11.8 Å². The molecule has 0 unspecified atom stereocenters. The van der Waals surface area contributed by atoms with Gasteiger partial charge in [0.2, 0.25) is 5.91 Å². The molecule has 0 aliphatic carbocycles. The van der Waals surface area contributed by atoms with E-state index in [0.717, 1.165) is 21.7 Å². The van der Waals surface area contributed by atoms with Gasteiger partial charge in [-0.3, -0.25) is 14.5 Å². The number of thioether (sulfide) groups is 1. The molecular weight excluding hydrogens is 392 g/mol. The molecule has 5 heteroatoms. The third kappa shape index (κ3) is 3.73. The van der Waals surface area contributed by atoms with Gasteiger partial charge in [0.25, 0.3) is 5.91 Å². The highest BCUT2D eigenvalue weighted by atomic mass is 32.2. The first kappa shape index (κ1) is 20.2. The van der Waals surface area contributed by atoms with Crippen LogP contribution in [-0.4, -0.2) is 23.6 Å². The number of rotatable bonds is 5. The van der Waals surface area contributed by atoms with Gasteiger partial charge in [0.1, 0.15) is 5.54 Å². The van der Waals surface area contributed by atoms with Crippen molar-refractivity contribution in [3.8, 4) is 0 Å². The minimum absolute atomic E-state index is 0.146. The van der Waals surface area contributed by atoms with Gasteiger partial charge in [0.05, 0.1) is 0 Å². The van der Waals surface area contributed by atoms with Gasteiger partial charge in [-0.05, 0) is 48.6 Å². The number of carbonyl (C=O) groups excluding carboxylic acids is 2. The van der Waals surface area contributed by atoms with Crippen molar-refractivity contribution < 1.29 is 9.59 Å². The Labute approximate surface area is 181 Å². The number of nitrogens with one attached hydrogen (secondary N) is 1. The molecular formula is C25H24N2O2S. The van der Waals surface area contributed by atoms with Crippen molar-refractivity contribution in [1.29, 1.82) is 0 Å². The molecule has 0 radical (unpaired) electrons. The van der Waals surface area contributed by atoms with E-state index >= 15 is 0 Å². The van der Waals surface area contributed by atoms with Crippen LogP contribution >= 0.6 is 11.8 Å². The predicted molar refractivity (Wildman–Crippen MR) is 122 cm³/mol. The first-order chi connectivity index (χ1) is 14.5. The van der Waals surface area contributed by atoms with Crippen molar-refractivity contribution in [2.24, 2.45) is 0 Å². The van der Waals surface area contributed by atoms with Crippen LogP contribution in [0.5, 0.6) is 0 Å². The molecule has 4 nitrogen and oxygen atoms in total. The van der Waals surface area contributed by atoms with E-state index in [1.54, 1.807) is 16.7 Å². The summed E-state index contributed by atoms with van der Waals surface area (Å²) in [6.45, 7) is 2.27. The van der Waals surface area contributed by atoms with Gasteiger partial charge >= 0.3 is 0 Å². The van der Waals surface area contributed by atoms with Crippen molar-refractivity contribution in [1.82, 2.24) is 5.32 Å². The van der Waals surface area contributed by atoms with Crippen LogP contribution in [0.25, 0.3) is 0 Å². The van der Waals surface area contributed by atoms with Gasteiger partial charge < -0.3 is 5.32 Å². The Morgan fingerprint density at radius 3 is 2.53 bits per heavy atom. The Balaban J connectivity index is 1.73. The van der Waals surface area contributed by atoms with E-state index in [4.69, 9.17) is 0 Å². The third-order valence-corrected chi connectivity index (χ3v) is 6.30. The van der Waals surface area contributed by atoms with E-state index < -0.39 is 5.54 Å². The summed E-state index contributed by atoms with van der Waals surface area (Å²) in [6, 6.07) is 25.2. The zero-order valence-corrected chi connectivity index (χ0v) is 17.9. The average molecular weight is 417 g/mol. The maximum Gasteiger partial charge on any atom is 0.259 e. The molecule has 1 N–H and O–H groups in total. The summed E-state index contributed by atoms with van der Waals surface area (Å²) in [5.41, 5.74) is 2.28. The Kier molecular flexibility index (Phi) is 5.64. The number of hydrogen-bond donors (Lipinski definition) is 1. The highest BCUT2D eigenvalue weighted by Gasteiger charge is 2.47. The normalized spacial score (nSPS) is 18.1. The van der Waals surface area contributed by atoms with Gasteiger partial charge in [0, 0.05) is 29.1 Å². The first-order valence-corrected chi connectivity index (χ1v) is 11.1. The summed E-state index contributed by atoms with van der Waals surface area (Å²) in [6.07, 6.45) is 2.46. The minimum Gasteiger partial charge on any atom is -0.350 e. The van der Waals surface area contributed by atoms with Gasteiger partial charge in [-0.1, -0.05) is 54.6 Å². The summed E-state index contributed by atoms with van der Waals surface area (Å²) < 4.78 is 0. The number of anilines is 1. The zero-order valence-electron chi connectivity index (χ0n) is 17.1. The molecule has 3 aromatic rings. The lowest BCUT2D eigenvalue weighted by Gasteiger charge is -2.44. The van der Waals surface area contributed by atoms with Gasteiger partial charge in [-0.2, -0.15) is 0 Å². The van der Waals surface area contributed by atoms with E-state index in [1.807, 2.05) is 92.0 Å². The lowest BCUT2D eigenvalue weighted by atomic mass is 9.82. The molecule has 0 fully saturated rings. The number of amides is 2. The smallest absolute Gasteiger partial charge is 0.259 e. The Hall–Kier alpha value is -3.05. The topological polar surface area (TPSA) is 49.4 Å². The van der Waals surface area contributed by atoms with Crippen molar-refractivity contribution >= 4 is 29.3 Å². The molecule has 1 atom stereocenters. The molecule has 1 aliphatic rings. The van der Waals surface area contributed by atoms with E-state index in [2.05, 4.69) is 5.32 Å². The number of carbonyl (C=O) groups is 2. The second-order valence-electron chi connectivity index (χ2n) is 7.62. The third-order valence-electron chi connectivity index (χ3n) is 5.58. The van der Waals surface area contributed by atoms with Crippen LogP contribution in [0.2, 0.25) is 0 Å². The fraction of sp³-hybridized carbons (Fsp3) is 0.200.